The molecule has 1 saturated carbocycles. The first-order valence-corrected chi connectivity index (χ1v) is 9.31. The average molecular weight is 310 g/mol. The van der Waals surface area contributed by atoms with E-state index in [1.165, 1.54) is 19.3 Å². The molecular weight excluding hydrogens is 284 g/mol. The fourth-order valence-corrected chi connectivity index (χ4v) is 4.89. The van der Waals surface area contributed by atoms with Crippen molar-refractivity contribution >= 4 is 15.7 Å². The molecule has 5 heteroatoms. The lowest BCUT2D eigenvalue weighted by Gasteiger charge is -2.30. The number of hydrogen-bond donors (Lipinski definition) is 2. The topological polar surface area (TPSA) is 72.2 Å². The van der Waals surface area contributed by atoms with E-state index in [0.717, 1.165) is 24.8 Å². The summed E-state index contributed by atoms with van der Waals surface area (Å²) in [5.74, 6) is 0.458. The van der Waals surface area contributed by atoms with Crippen LogP contribution in [-0.4, -0.2) is 14.5 Å². The molecule has 1 unspecified atom stereocenters. The van der Waals surface area contributed by atoms with Crippen molar-refractivity contribution in [3.8, 4) is 0 Å². The third kappa shape index (κ3) is 3.98. The Labute approximate surface area is 128 Å². The van der Waals surface area contributed by atoms with E-state index in [0.29, 0.717) is 16.5 Å². The van der Waals surface area contributed by atoms with Gasteiger partial charge in [-0.2, -0.15) is 0 Å². The van der Waals surface area contributed by atoms with E-state index < -0.39 is 10.0 Å². The molecule has 118 valence electrons. The summed E-state index contributed by atoms with van der Waals surface area (Å²) in [6.45, 7) is 3.85. The maximum atomic E-state index is 12.7. The molecule has 4 nitrogen and oxygen atoms in total. The van der Waals surface area contributed by atoms with Crippen molar-refractivity contribution in [2.45, 2.75) is 63.3 Å². The molecule has 1 aromatic rings. The van der Waals surface area contributed by atoms with Gasteiger partial charge in [-0.05, 0) is 49.8 Å². The minimum absolute atomic E-state index is 0.0242. The van der Waals surface area contributed by atoms with Crippen molar-refractivity contribution < 1.29 is 8.42 Å². The van der Waals surface area contributed by atoms with Gasteiger partial charge in [0.25, 0.3) is 0 Å². The van der Waals surface area contributed by atoms with Gasteiger partial charge in [0, 0.05) is 11.7 Å². The first-order chi connectivity index (χ1) is 9.94. The summed E-state index contributed by atoms with van der Waals surface area (Å²) in [6.07, 6.45) is 6.76. The fraction of sp³-hybridized carbons (Fsp3) is 0.625. The summed E-state index contributed by atoms with van der Waals surface area (Å²) in [7, 11) is -3.50. The number of rotatable bonds is 5. The lowest BCUT2D eigenvalue weighted by molar-refractivity contribution is 0.285. The van der Waals surface area contributed by atoms with E-state index in [4.69, 9.17) is 5.73 Å². The molecule has 21 heavy (non-hydrogen) atoms. The normalized spacial score (nSPS) is 18.6. The molecule has 0 saturated heterocycles. The molecule has 0 radical (unpaired) electrons. The minimum atomic E-state index is -3.50. The van der Waals surface area contributed by atoms with E-state index in [1.807, 2.05) is 6.92 Å². The van der Waals surface area contributed by atoms with Crippen LogP contribution in [0.2, 0.25) is 0 Å². The van der Waals surface area contributed by atoms with Gasteiger partial charge < -0.3 is 5.73 Å². The molecule has 0 heterocycles. The zero-order valence-electron chi connectivity index (χ0n) is 12.9. The number of hydrogen-bond acceptors (Lipinski definition) is 3. The second kappa shape index (κ2) is 6.79. The zero-order chi connectivity index (χ0) is 15.5. The average Bonchev–Trinajstić information content (AvgIpc) is 2.48. The smallest absolute Gasteiger partial charge is 0.241 e. The second-order valence-electron chi connectivity index (χ2n) is 6.06. The predicted molar refractivity (Wildman–Crippen MR) is 86.6 cm³/mol. The number of aryl methyl sites for hydroxylation is 1. The van der Waals surface area contributed by atoms with E-state index in [2.05, 4.69) is 4.72 Å². The first-order valence-electron chi connectivity index (χ1n) is 7.82. The molecule has 0 aromatic heterocycles. The van der Waals surface area contributed by atoms with E-state index in [9.17, 15) is 8.42 Å². The molecule has 1 aliphatic rings. The lowest BCUT2D eigenvalue weighted by atomic mass is 9.83. The Balaban J connectivity index is 2.20. The van der Waals surface area contributed by atoms with Crippen LogP contribution >= 0.6 is 0 Å². The van der Waals surface area contributed by atoms with Crippen LogP contribution in [0, 0.1) is 12.8 Å². The molecule has 1 aromatic carbocycles. The van der Waals surface area contributed by atoms with Crippen molar-refractivity contribution in [1.82, 2.24) is 4.72 Å². The number of benzene rings is 1. The zero-order valence-corrected chi connectivity index (χ0v) is 13.7. The Morgan fingerprint density at radius 2 is 1.95 bits per heavy atom. The van der Waals surface area contributed by atoms with Crippen LogP contribution in [0.15, 0.2) is 23.1 Å². The Kier molecular flexibility index (Phi) is 5.27. The molecule has 1 aliphatic carbocycles. The first kappa shape index (κ1) is 16.3. The lowest BCUT2D eigenvalue weighted by Crippen LogP contribution is -2.40. The van der Waals surface area contributed by atoms with Gasteiger partial charge in [0.1, 0.15) is 0 Å². The van der Waals surface area contributed by atoms with Crippen molar-refractivity contribution in [1.29, 1.82) is 0 Å². The van der Waals surface area contributed by atoms with Crippen LogP contribution in [0.4, 0.5) is 5.69 Å². The standard InChI is InChI=1S/C16H26N2O2S/c1-3-15(13-7-5-4-6-8-13)18-21(19,20)16-11-14(17)10-9-12(16)2/h9-11,13,15,18H,3-8,17H2,1-2H3. The highest BCUT2D eigenvalue weighted by molar-refractivity contribution is 7.89. The Bertz CT molecular complexity index is 578. The molecule has 1 fully saturated rings. The predicted octanol–water partition coefficient (Wildman–Crippen LogP) is 3.21. The summed E-state index contributed by atoms with van der Waals surface area (Å²) in [4.78, 5) is 0.303. The van der Waals surface area contributed by atoms with Crippen molar-refractivity contribution in [2.75, 3.05) is 5.73 Å². The summed E-state index contributed by atoms with van der Waals surface area (Å²) < 4.78 is 28.2. The summed E-state index contributed by atoms with van der Waals surface area (Å²) in [5, 5.41) is 0. The number of sulfonamides is 1. The van der Waals surface area contributed by atoms with Gasteiger partial charge in [0.05, 0.1) is 4.90 Å². The number of nitrogens with two attached hydrogens (primary N) is 1. The number of anilines is 1. The van der Waals surface area contributed by atoms with Gasteiger partial charge >= 0.3 is 0 Å². The minimum Gasteiger partial charge on any atom is -0.399 e. The number of nitrogen functional groups attached to an aromatic ring is 1. The monoisotopic (exact) mass is 310 g/mol. The van der Waals surface area contributed by atoms with Gasteiger partial charge in [-0.15, -0.1) is 0 Å². The van der Waals surface area contributed by atoms with Crippen molar-refractivity contribution in [2.24, 2.45) is 5.92 Å². The quantitative estimate of drug-likeness (QED) is 0.820. The molecule has 0 bridgehead atoms. The van der Waals surface area contributed by atoms with Gasteiger partial charge in [-0.25, -0.2) is 13.1 Å². The van der Waals surface area contributed by atoms with E-state index in [-0.39, 0.29) is 6.04 Å². The van der Waals surface area contributed by atoms with Crippen molar-refractivity contribution in [3.63, 3.8) is 0 Å². The molecule has 0 aliphatic heterocycles. The summed E-state index contributed by atoms with van der Waals surface area (Å²) >= 11 is 0. The number of nitrogens with one attached hydrogen (secondary N) is 1. The molecule has 2 rings (SSSR count). The second-order valence-corrected chi connectivity index (χ2v) is 7.74. The highest BCUT2D eigenvalue weighted by atomic mass is 32.2. The molecule has 0 amide bonds. The largest absolute Gasteiger partial charge is 0.399 e. The van der Waals surface area contributed by atoms with Gasteiger partial charge in [0.15, 0.2) is 0 Å². The summed E-state index contributed by atoms with van der Waals surface area (Å²) in [6, 6.07) is 5.06. The van der Waals surface area contributed by atoms with Crippen LogP contribution < -0.4 is 10.5 Å². The fourth-order valence-electron chi connectivity index (χ4n) is 3.22. The van der Waals surface area contributed by atoms with Crippen LogP contribution in [0.25, 0.3) is 0 Å². The highest BCUT2D eigenvalue weighted by Crippen LogP contribution is 2.29. The van der Waals surface area contributed by atoms with Crippen LogP contribution in [0.3, 0.4) is 0 Å². The summed E-state index contributed by atoms with van der Waals surface area (Å²) in [5.41, 5.74) is 6.95. The Morgan fingerprint density at radius 1 is 1.29 bits per heavy atom. The van der Waals surface area contributed by atoms with Gasteiger partial charge in [-0.3, -0.25) is 0 Å². The molecular formula is C16H26N2O2S. The third-order valence-electron chi connectivity index (χ3n) is 4.47. The molecule has 0 spiro atoms. The highest BCUT2D eigenvalue weighted by Gasteiger charge is 2.27. The van der Waals surface area contributed by atoms with Gasteiger partial charge in [0.2, 0.25) is 10.0 Å². The van der Waals surface area contributed by atoms with Crippen LogP contribution in [0.5, 0.6) is 0 Å². The van der Waals surface area contributed by atoms with Crippen LogP contribution in [-0.2, 0) is 10.0 Å². The van der Waals surface area contributed by atoms with Crippen LogP contribution in [0.1, 0.15) is 51.0 Å². The molecule has 3 N–H and O–H groups in total. The maximum Gasteiger partial charge on any atom is 0.241 e. The van der Waals surface area contributed by atoms with E-state index in [1.54, 1.807) is 25.1 Å². The van der Waals surface area contributed by atoms with Gasteiger partial charge in [-0.1, -0.05) is 32.3 Å². The van der Waals surface area contributed by atoms with E-state index >= 15 is 0 Å². The molecule has 1 atom stereocenters. The maximum absolute atomic E-state index is 12.7. The Morgan fingerprint density at radius 3 is 2.57 bits per heavy atom. The Hall–Kier alpha value is -1.07. The van der Waals surface area contributed by atoms with Crippen molar-refractivity contribution in [3.05, 3.63) is 23.8 Å². The third-order valence-corrected chi connectivity index (χ3v) is 6.10. The SMILES string of the molecule is CCC(NS(=O)(=O)c1cc(N)ccc1C)C1CCCCC1.